The lowest BCUT2D eigenvalue weighted by Gasteiger charge is -1.89. The number of hydrogen-bond acceptors (Lipinski definition) is 4. The minimum Gasteiger partial charge on any atom is -0.223 e. The smallest absolute Gasteiger partial charge is 0.223 e. The molecule has 0 spiro atoms. The van der Waals surface area contributed by atoms with Gasteiger partial charge in [-0.1, -0.05) is 0 Å². The Bertz CT molecular complexity index is 341. The molecule has 2 N–H and O–H groups in total. The summed E-state index contributed by atoms with van der Waals surface area (Å²) in [6.07, 6.45) is 1.12. The standard InChI is InChI=1S/C4H8N4O2S/c1-2-8-6-3-4(7-8)11(5,9)10/h3H,2H2,1H3,(H2,5,9,10). The van der Waals surface area contributed by atoms with E-state index >= 15 is 0 Å². The Morgan fingerprint density at radius 1 is 1.73 bits per heavy atom. The molecule has 0 amide bonds. The molecular weight excluding hydrogens is 168 g/mol. The molecule has 0 atom stereocenters. The Labute approximate surface area is 64.1 Å². The van der Waals surface area contributed by atoms with Gasteiger partial charge in [0, 0.05) is 0 Å². The zero-order chi connectivity index (χ0) is 8.48. The molecular formula is C4H8N4O2S. The van der Waals surface area contributed by atoms with Gasteiger partial charge in [0.2, 0.25) is 5.03 Å². The van der Waals surface area contributed by atoms with Gasteiger partial charge in [0.25, 0.3) is 10.0 Å². The first-order valence-corrected chi connectivity index (χ1v) is 4.51. The van der Waals surface area contributed by atoms with Crippen LogP contribution in [-0.2, 0) is 16.6 Å². The van der Waals surface area contributed by atoms with E-state index in [9.17, 15) is 8.42 Å². The topological polar surface area (TPSA) is 90.9 Å². The summed E-state index contributed by atoms with van der Waals surface area (Å²) in [6, 6.07) is 0. The first kappa shape index (κ1) is 8.15. The molecule has 1 aromatic rings. The highest BCUT2D eigenvalue weighted by Gasteiger charge is 2.11. The molecule has 11 heavy (non-hydrogen) atoms. The molecule has 6 nitrogen and oxygen atoms in total. The van der Waals surface area contributed by atoms with Crippen LogP contribution >= 0.6 is 0 Å². The lowest BCUT2D eigenvalue weighted by atomic mass is 10.8. The van der Waals surface area contributed by atoms with E-state index in [2.05, 4.69) is 10.2 Å². The van der Waals surface area contributed by atoms with Crippen LogP contribution in [0.1, 0.15) is 6.92 Å². The van der Waals surface area contributed by atoms with Gasteiger partial charge in [-0.05, 0) is 6.92 Å². The molecule has 0 saturated carbocycles. The van der Waals surface area contributed by atoms with Crippen molar-refractivity contribution in [1.29, 1.82) is 0 Å². The zero-order valence-electron chi connectivity index (χ0n) is 5.93. The summed E-state index contributed by atoms with van der Waals surface area (Å²) in [5, 5.41) is 11.8. The van der Waals surface area contributed by atoms with Crippen molar-refractivity contribution in [3.63, 3.8) is 0 Å². The summed E-state index contributed by atoms with van der Waals surface area (Å²) in [5.41, 5.74) is 0. The Kier molecular flexibility index (Phi) is 1.92. The average molecular weight is 176 g/mol. The SMILES string of the molecule is CCn1ncc(S(N)(=O)=O)n1. The average Bonchev–Trinajstić information content (AvgIpc) is 2.32. The van der Waals surface area contributed by atoms with Crippen LogP contribution in [0.25, 0.3) is 0 Å². The van der Waals surface area contributed by atoms with Crippen LogP contribution in [0.5, 0.6) is 0 Å². The highest BCUT2D eigenvalue weighted by Crippen LogP contribution is 1.97. The second-order valence-corrected chi connectivity index (χ2v) is 3.42. The monoisotopic (exact) mass is 176 g/mol. The number of hydrogen-bond donors (Lipinski definition) is 1. The molecule has 0 aliphatic rings. The lowest BCUT2D eigenvalue weighted by Crippen LogP contribution is -2.13. The predicted molar refractivity (Wildman–Crippen MR) is 37.1 cm³/mol. The highest BCUT2D eigenvalue weighted by molar-refractivity contribution is 7.89. The van der Waals surface area contributed by atoms with Gasteiger partial charge >= 0.3 is 0 Å². The van der Waals surface area contributed by atoms with Crippen molar-refractivity contribution in [2.45, 2.75) is 18.5 Å². The molecule has 62 valence electrons. The van der Waals surface area contributed by atoms with E-state index in [0.29, 0.717) is 6.54 Å². The first-order valence-electron chi connectivity index (χ1n) is 2.97. The molecule has 0 unspecified atom stereocenters. The van der Waals surface area contributed by atoms with Gasteiger partial charge in [0.1, 0.15) is 0 Å². The van der Waals surface area contributed by atoms with Crippen LogP contribution in [0.3, 0.4) is 0 Å². The quantitative estimate of drug-likeness (QED) is 0.622. The maximum atomic E-state index is 10.6. The molecule has 0 aliphatic heterocycles. The molecule has 0 saturated heterocycles. The first-order chi connectivity index (χ1) is 5.04. The van der Waals surface area contributed by atoms with Gasteiger partial charge in [-0.25, -0.2) is 13.6 Å². The fourth-order valence-corrected chi connectivity index (χ4v) is 0.966. The molecule has 0 aliphatic carbocycles. The molecule has 1 aromatic heterocycles. The number of nitrogens with two attached hydrogens (primary N) is 1. The maximum Gasteiger partial charge on any atom is 0.259 e. The van der Waals surface area contributed by atoms with E-state index in [1.165, 1.54) is 4.80 Å². The van der Waals surface area contributed by atoms with Crippen LogP contribution in [0.4, 0.5) is 0 Å². The van der Waals surface area contributed by atoms with Crippen LogP contribution in [-0.4, -0.2) is 23.4 Å². The van der Waals surface area contributed by atoms with E-state index in [-0.39, 0.29) is 5.03 Å². The minimum atomic E-state index is -3.69. The van der Waals surface area contributed by atoms with E-state index < -0.39 is 10.0 Å². The van der Waals surface area contributed by atoms with E-state index in [1.807, 2.05) is 0 Å². The van der Waals surface area contributed by atoms with Crippen LogP contribution < -0.4 is 5.14 Å². The van der Waals surface area contributed by atoms with Crippen molar-refractivity contribution in [1.82, 2.24) is 15.0 Å². The third-order valence-electron chi connectivity index (χ3n) is 1.09. The summed E-state index contributed by atoms with van der Waals surface area (Å²) in [5.74, 6) is 0. The van der Waals surface area contributed by atoms with Crippen molar-refractivity contribution >= 4 is 10.0 Å². The molecule has 1 rings (SSSR count). The predicted octanol–water partition coefficient (Wildman–Crippen LogP) is -1.05. The summed E-state index contributed by atoms with van der Waals surface area (Å²) in [6.45, 7) is 2.32. The molecule has 0 aromatic carbocycles. The van der Waals surface area contributed by atoms with Crippen LogP contribution in [0, 0.1) is 0 Å². The Balaban J connectivity index is 3.09. The van der Waals surface area contributed by atoms with Crippen molar-refractivity contribution in [3.05, 3.63) is 6.20 Å². The Hall–Kier alpha value is -0.950. The van der Waals surface area contributed by atoms with Crippen LogP contribution in [0.2, 0.25) is 0 Å². The van der Waals surface area contributed by atoms with Gasteiger partial charge in [-0.2, -0.15) is 9.90 Å². The molecule has 0 radical (unpaired) electrons. The summed E-state index contributed by atoms with van der Waals surface area (Å²) in [7, 11) is -3.69. The van der Waals surface area contributed by atoms with Crippen molar-refractivity contribution in [2.24, 2.45) is 5.14 Å². The Morgan fingerprint density at radius 3 is 2.64 bits per heavy atom. The van der Waals surface area contributed by atoms with Gasteiger partial charge < -0.3 is 0 Å². The number of aromatic nitrogens is 3. The van der Waals surface area contributed by atoms with E-state index in [1.54, 1.807) is 6.92 Å². The summed E-state index contributed by atoms with van der Waals surface area (Å²) in [4.78, 5) is 1.25. The number of aryl methyl sites for hydroxylation is 1. The molecule has 1 heterocycles. The van der Waals surface area contributed by atoms with Crippen molar-refractivity contribution < 1.29 is 8.42 Å². The molecule has 7 heteroatoms. The molecule has 0 bridgehead atoms. The fraction of sp³-hybridized carbons (Fsp3) is 0.500. The summed E-state index contributed by atoms with van der Waals surface area (Å²) >= 11 is 0. The van der Waals surface area contributed by atoms with E-state index in [0.717, 1.165) is 6.20 Å². The second kappa shape index (κ2) is 2.59. The Morgan fingerprint density at radius 2 is 2.36 bits per heavy atom. The largest absolute Gasteiger partial charge is 0.259 e. The third-order valence-corrected chi connectivity index (χ3v) is 1.86. The van der Waals surface area contributed by atoms with Crippen molar-refractivity contribution in [3.8, 4) is 0 Å². The minimum absolute atomic E-state index is 0.195. The van der Waals surface area contributed by atoms with Gasteiger partial charge in [0.15, 0.2) is 0 Å². The maximum absolute atomic E-state index is 10.6. The van der Waals surface area contributed by atoms with Gasteiger partial charge in [-0.15, -0.1) is 5.10 Å². The normalized spacial score (nSPS) is 11.8. The zero-order valence-corrected chi connectivity index (χ0v) is 6.74. The fourth-order valence-electron chi connectivity index (χ4n) is 0.564. The van der Waals surface area contributed by atoms with Gasteiger partial charge in [-0.3, -0.25) is 0 Å². The second-order valence-electron chi connectivity index (χ2n) is 1.92. The van der Waals surface area contributed by atoms with Gasteiger partial charge in [0.05, 0.1) is 12.7 Å². The van der Waals surface area contributed by atoms with Crippen LogP contribution in [0.15, 0.2) is 11.2 Å². The van der Waals surface area contributed by atoms with Crippen molar-refractivity contribution in [2.75, 3.05) is 0 Å². The number of rotatable bonds is 2. The highest BCUT2D eigenvalue weighted by atomic mass is 32.2. The number of nitrogens with zero attached hydrogens (tertiary/aromatic N) is 3. The van der Waals surface area contributed by atoms with E-state index in [4.69, 9.17) is 5.14 Å². The summed E-state index contributed by atoms with van der Waals surface area (Å²) < 4.78 is 21.2. The third kappa shape index (κ3) is 1.75. The number of sulfonamides is 1. The molecule has 0 fully saturated rings. The lowest BCUT2D eigenvalue weighted by molar-refractivity contribution is 0.550. The number of primary sulfonamides is 1.